The maximum Gasteiger partial charge on any atom is 0.255 e. The van der Waals surface area contributed by atoms with Crippen molar-refractivity contribution < 1.29 is 51.7 Å². The molecular formula is C52H51N5O11. The van der Waals surface area contributed by atoms with E-state index in [1.807, 2.05) is 146 Å². The average molecular weight is 922 g/mol. The largest absolute Gasteiger partial charge is 0.471 e. The summed E-state index contributed by atoms with van der Waals surface area (Å²) in [6.45, 7) is 12.3. The van der Waals surface area contributed by atoms with E-state index in [0.29, 0.717) is 62.0 Å². The van der Waals surface area contributed by atoms with Crippen molar-refractivity contribution in [2.75, 3.05) is 14.1 Å². The maximum atomic E-state index is 11.2. The second kappa shape index (κ2) is 27.7. The van der Waals surface area contributed by atoms with Crippen molar-refractivity contribution in [2.45, 2.75) is 38.6 Å². The van der Waals surface area contributed by atoms with Gasteiger partial charge in [0.05, 0.1) is 18.2 Å². The van der Waals surface area contributed by atoms with E-state index in [2.05, 4.69) is 44.9 Å². The van der Waals surface area contributed by atoms with E-state index in [1.165, 1.54) is 24.3 Å². The average Bonchev–Trinajstić information content (AvgIpc) is 4.25. The molecule has 4 aromatic heterocycles. The number of aliphatic hydroxyl groups excluding tert-OH is 1. The van der Waals surface area contributed by atoms with E-state index in [0.717, 1.165) is 28.0 Å². The summed E-state index contributed by atoms with van der Waals surface area (Å²) >= 11 is 0. The number of aldehydes is 1. The summed E-state index contributed by atoms with van der Waals surface area (Å²) in [5, 5.41) is 24.2. The number of aromatic nitrogens is 4. The number of carbonyl (C=O) groups is 2. The third kappa shape index (κ3) is 17.1. The molecule has 1 N–H and O–H groups in total. The van der Waals surface area contributed by atoms with Crippen LogP contribution in [0.15, 0.2) is 202 Å². The number of aliphatic hydroxyl groups is 1. The minimum Gasteiger partial charge on any atom is -0.471 e. The van der Waals surface area contributed by atoms with Gasteiger partial charge in [0.15, 0.2) is 17.8 Å². The zero-order chi connectivity index (χ0) is 48.4. The molecule has 4 aromatic carbocycles. The molecule has 0 bridgehead atoms. The Labute approximate surface area is 393 Å². The van der Waals surface area contributed by atoms with Crippen LogP contribution in [0.4, 0.5) is 0 Å². The Morgan fingerprint density at radius 2 is 0.941 bits per heavy atom. The Kier molecular flexibility index (Phi) is 20.5. The molecular weight excluding hydrogens is 871 g/mol. The first-order valence-electron chi connectivity index (χ1n) is 20.9. The lowest BCUT2D eigenvalue weighted by Crippen LogP contribution is -2.16. The molecule has 0 fully saturated rings. The minimum atomic E-state index is -0.850. The van der Waals surface area contributed by atoms with Gasteiger partial charge in [-0.15, -0.1) is 13.2 Å². The van der Waals surface area contributed by atoms with Crippen molar-refractivity contribution in [1.29, 1.82) is 0 Å². The van der Waals surface area contributed by atoms with E-state index in [1.54, 1.807) is 12.1 Å². The number of carbonyl (C=O) groups excluding carboxylic acids is 2. The Morgan fingerprint density at radius 3 is 1.32 bits per heavy atom. The van der Waals surface area contributed by atoms with Crippen molar-refractivity contribution >= 4 is 12.1 Å². The molecule has 0 unspecified atom stereocenters. The van der Waals surface area contributed by atoms with Crippen LogP contribution < -0.4 is 18.9 Å². The van der Waals surface area contributed by atoms with Crippen LogP contribution in [0.1, 0.15) is 67.0 Å². The van der Waals surface area contributed by atoms with Crippen LogP contribution in [0.2, 0.25) is 0 Å². The summed E-state index contributed by atoms with van der Waals surface area (Å²) in [4.78, 5) is 23.5. The number of ketones is 1. The van der Waals surface area contributed by atoms with Crippen LogP contribution in [-0.4, -0.2) is 56.8 Å². The van der Waals surface area contributed by atoms with Crippen molar-refractivity contribution in [3.63, 3.8) is 0 Å². The van der Waals surface area contributed by atoms with Crippen LogP contribution >= 0.6 is 0 Å². The molecule has 0 aliphatic heterocycles. The number of rotatable bonds is 20. The number of nitrogens with zero attached hydrogens (tertiary/aromatic N) is 5. The Hall–Kier alpha value is -8.60. The van der Waals surface area contributed by atoms with Gasteiger partial charge >= 0.3 is 0 Å². The molecule has 16 heteroatoms. The van der Waals surface area contributed by atoms with Crippen LogP contribution in [0, 0.1) is 0 Å². The molecule has 0 saturated heterocycles. The molecule has 0 aliphatic carbocycles. The Bertz CT molecular complexity index is 2700. The molecule has 8 aromatic rings. The fraction of sp³-hybridized carbons (Fsp3) is 0.154. The molecule has 2 atom stereocenters. The summed E-state index contributed by atoms with van der Waals surface area (Å²) in [6, 6.07) is 45.3. The molecule has 4 heterocycles. The summed E-state index contributed by atoms with van der Waals surface area (Å²) in [7, 11) is 3.92. The van der Waals surface area contributed by atoms with Gasteiger partial charge in [0.2, 0.25) is 17.3 Å². The first-order valence-corrected chi connectivity index (χ1v) is 20.9. The highest BCUT2D eigenvalue weighted by atomic mass is 16.6. The summed E-state index contributed by atoms with van der Waals surface area (Å²) < 4.78 is 41.4. The van der Waals surface area contributed by atoms with E-state index in [4.69, 9.17) is 32.5 Å². The van der Waals surface area contributed by atoms with Crippen LogP contribution in [-0.2, 0) is 26.4 Å². The lowest BCUT2D eigenvalue weighted by molar-refractivity contribution is 0.101. The van der Waals surface area contributed by atoms with E-state index in [9.17, 15) is 14.7 Å². The molecule has 0 saturated carbocycles. The number of hydrogen-bond acceptors (Lipinski definition) is 16. The second-order valence-electron chi connectivity index (χ2n) is 14.3. The highest BCUT2D eigenvalue weighted by Gasteiger charge is 2.17. The predicted molar refractivity (Wildman–Crippen MR) is 251 cm³/mol. The van der Waals surface area contributed by atoms with Gasteiger partial charge in [0.1, 0.15) is 32.5 Å². The van der Waals surface area contributed by atoms with Gasteiger partial charge in [-0.05, 0) is 63.1 Å². The van der Waals surface area contributed by atoms with Crippen LogP contribution in [0.25, 0.3) is 0 Å². The van der Waals surface area contributed by atoms with Gasteiger partial charge in [0, 0.05) is 12.1 Å². The second-order valence-corrected chi connectivity index (χ2v) is 14.3. The first-order chi connectivity index (χ1) is 33.2. The van der Waals surface area contributed by atoms with Gasteiger partial charge in [0.25, 0.3) is 23.5 Å². The maximum absolute atomic E-state index is 11.2. The summed E-state index contributed by atoms with van der Waals surface area (Å²) in [6.07, 6.45) is 4.07. The number of hydrogen-bond donors (Lipinski definition) is 1. The molecule has 16 nitrogen and oxygen atoms in total. The molecule has 0 spiro atoms. The first kappa shape index (κ1) is 50.4. The van der Waals surface area contributed by atoms with Crippen molar-refractivity contribution in [1.82, 2.24) is 25.5 Å². The van der Waals surface area contributed by atoms with Gasteiger partial charge in [-0.25, -0.2) is 0 Å². The van der Waals surface area contributed by atoms with Crippen LogP contribution in [0.5, 0.6) is 23.5 Å². The zero-order valence-corrected chi connectivity index (χ0v) is 37.5. The summed E-state index contributed by atoms with van der Waals surface area (Å²) in [5.74, 6) is 2.48. The zero-order valence-electron chi connectivity index (χ0n) is 37.5. The number of benzene rings is 4. The van der Waals surface area contributed by atoms with E-state index in [-0.39, 0.29) is 23.3 Å². The lowest BCUT2D eigenvalue weighted by Gasteiger charge is -2.16. The Morgan fingerprint density at radius 1 is 0.559 bits per heavy atom. The number of ether oxygens (including phenoxy) is 4. The molecule has 0 aliphatic rings. The van der Waals surface area contributed by atoms with Gasteiger partial charge in [-0.2, -0.15) is 0 Å². The highest BCUT2D eigenvalue weighted by molar-refractivity contribution is 6.02. The third-order valence-electron chi connectivity index (χ3n) is 9.06. The standard InChI is InChI=1S/C15H18N2O2.C13H13NO3.C13H11NO3.C11H9NO3/c1-4-13(17(2)3)14-10-15(16-19-14)18-11-12-8-6-5-7-9-12;2*1-2-11(15)12-8-13(14-17-12)16-9-10-6-4-3-5-7-10;13-7-10-6-11(12-15-10)14-8-9-4-2-1-3-5-9/h4-10,13H,1,11H2,2-3H3;2-8,11,15H,1,9H2;2-8H,1,9H2;1-7H,8H2/t13-;11-;;/m01../s1. The van der Waals surface area contributed by atoms with Gasteiger partial charge in [-0.3, -0.25) is 14.5 Å². The molecule has 350 valence electrons. The Balaban J connectivity index is 0.000000170. The summed E-state index contributed by atoms with van der Waals surface area (Å²) in [5.41, 5.74) is 4.20. The topological polar surface area (TPSA) is 199 Å². The molecule has 0 radical (unpaired) electrons. The fourth-order valence-electron chi connectivity index (χ4n) is 5.52. The number of allylic oxidation sites excluding steroid dienone is 1. The lowest BCUT2D eigenvalue weighted by atomic mass is 10.2. The van der Waals surface area contributed by atoms with Crippen molar-refractivity contribution in [3.05, 3.63) is 229 Å². The predicted octanol–water partition coefficient (Wildman–Crippen LogP) is 10.2. The normalized spacial score (nSPS) is 11.1. The monoisotopic (exact) mass is 921 g/mol. The van der Waals surface area contributed by atoms with Gasteiger partial charge in [-0.1, -0.05) is 140 Å². The van der Waals surface area contributed by atoms with Crippen molar-refractivity contribution in [2.24, 2.45) is 0 Å². The fourth-order valence-corrected chi connectivity index (χ4v) is 5.52. The van der Waals surface area contributed by atoms with E-state index < -0.39 is 6.10 Å². The molecule has 0 amide bonds. The quantitative estimate of drug-likeness (QED) is 0.0327. The molecule has 8 rings (SSSR count). The van der Waals surface area contributed by atoms with Crippen molar-refractivity contribution in [3.8, 4) is 23.5 Å². The highest BCUT2D eigenvalue weighted by Crippen LogP contribution is 2.24. The minimum absolute atomic E-state index is 0.00146. The van der Waals surface area contributed by atoms with E-state index >= 15 is 0 Å². The number of likely N-dealkylation sites (N-methyl/N-ethyl adjacent to an activating group) is 1. The SMILES string of the molecule is C=CC(=O)c1cc(OCc2ccccc2)no1.C=C[C@@H](O)c1cc(OCc2ccccc2)no1.C=C[C@@H](c1cc(OCc2ccccc2)no1)N(C)C.O=Cc1cc(OCc2ccccc2)no1. The smallest absolute Gasteiger partial charge is 0.255 e. The van der Waals surface area contributed by atoms with Crippen LogP contribution in [0.3, 0.4) is 0 Å². The third-order valence-corrected chi connectivity index (χ3v) is 9.06. The molecule has 68 heavy (non-hydrogen) atoms. The van der Waals surface area contributed by atoms with Gasteiger partial charge < -0.3 is 42.1 Å².